The maximum Gasteiger partial charge on any atom is 0.452 e. The van der Waals surface area contributed by atoms with Crippen molar-refractivity contribution in [1.29, 1.82) is 0 Å². The molecule has 0 saturated carbocycles. The van der Waals surface area contributed by atoms with Crippen molar-refractivity contribution < 1.29 is 18.0 Å². The molecule has 2 aromatic heterocycles. The molecule has 0 bridgehead atoms. The van der Waals surface area contributed by atoms with Crippen molar-refractivity contribution in [3.63, 3.8) is 0 Å². The molecule has 0 saturated heterocycles. The molecule has 0 N–H and O–H groups in total. The number of alkyl halides is 3. The van der Waals surface area contributed by atoms with E-state index in [0.717, 1.165) is 4.40 Å². The van der Waals surface area contributed by atoms with Crippen molar-refractivity contribution in [2.24, 2.45) is 0 Å². The van der Waals surface area contributed by atoms with Gasteiger partial charge in [-0.1, -0.05) is 11.6 Å². The zero-order valence-electron chi connectivity index (χ0n) is 14.4. The van der Waals surface area contributed by atoms with Crippen LogP contribution in [-0.2, 0) is 11.0 Å². The molecule has 0 spiro atoms. The molecule has 27 heavy (non-hydrogen) atoms. The van der Waals surface area contributed by atoms with Gasteiger partial charge in [0.05, 0.1) is 11.0 Å². The Labute approximate surface area is 161 Å². The molecule has 11 heteroatoms. The van der Waals surface area contributed by atoms with Gasteiger partial charge in [-0.3, -0.25) is 9.20 Å². The zero-order chi connectivity index (χ0) is 19.8. The lowest BCUT2D eigenvalue weighted by Gasteiger charge is -2.11. The Balaban J connectivity index is 1.99. The van der Waals surface area contributed by atoms with E-state index in [1.54, 1.807) is 26.2 Å². The molecule has 0 atom stereocenters. The second-order valence-corrected chi connectivity index (χ2v) is 7.49. The van der Waals surface area contributed by atoms with Crippen LogP contribution in [0.25, 0.3) is 16.7 Å². The third-order valence-electron chi connectivity index (χ3n) is 3.78. The van der Waals surface area contributed by atoms with Gasteiger partial charge in [-0.05, 0) is 24.6 Å². The Hall–Kier alpha value is -2.07. The summed E-state index contributed by atoms with van der Waals surface area (Å²) in [6.07, 6.45) is -3.76. The fraction of sp³-hybridized carbons (Fsp3) is 0.375. The Morgan fingerprint density at radius 1 is 1.30 bits per heavy atom. The number of aromatic nitrogens is 4. The summed E-state index contributed by atoms with van der Waals surface area (Å²) in [6, 6.07) is 4.51. The Bertz CT molecular complexity index is 1010. The number of carbonyl (C=O) groups is 1. The first-order valence-electron chi connectivity index (χ1n) is 7.93. The van der Waals surface area contributed by atoms with E-state index in [1.165, 1.54) is 22.7 Å². The van der Waals surface area contributed by atoms with Crippen LogP contribution in [0.15, 0.2) is 23.2 Å². The summed E-state index contributed by atoms with van der Waals surface area (Å²) in [7, 11) is 3.34. The fourth-order valence-corrected chi connectivity index (χ4v) is 3.55. The summed E-state index contributed by atoms with van der Waals surface area (Å²) in [5, 5.41) is 7.63. The highest BCUT2D eigenvalue weighted by molar-refractivity contribution is 7.99. The minimum absolute atomic E-state index is 0.0105. The smallest absolute Gasteiger partial charge is 0.349 e. The number of hydrogen-bond donors (Lipinski definition) is 0. The number of benzene rings is 1. The molecule has 0 unspecified atom stereocenters. The maximum atomic E-state index is 13.4. The number of thioether (sulfide) groups is 1. The van der Waals surface area contributed by atoms with Gasteiger partial charge in [-0.2, -0.15) is 13.2 Å². The van der Waals surface area contributed by atoms with Crippen LogP contribution in [-0.4, -0.2) is 50.2 Å². The predicted octanol–water partition coefficient (Wildman–Crippen LogP) is 3.91. The second kappa shape index (κ2) is 7.51. The van der Waals surface area contributed by atoms with Crippen molar-refractivity contribution in [2.75, 3.05) is 19.8 Å². The maximum absolute atomic E-state index is 13.4. The van der Waals surface area contributed by atoms with Crippen LogP contribution < -0.4 is 0 Å². The monoisotopic (exact) mass is 417 g/mol. The van der Waals surface area contributed by atoms with Crippen molar-refractivity contribution >= 4 is 46.0 Å². The SMILES string of the molecule is CN(C)C(=O)CCCSc1nc2ccc(Cl)cc2n2c(C(F)(F)F)nnc12. The van der Waals surface area contributed by atoms with Gasteiger partial charge in [-0.25, -0.2) is 4.98 Å². The molecular formula is C16H15ClF3N5OS. The number of rotatable bonds is 5. The summed E-state index contributed by atoms with van der Waals surface area (Å²) >= 11 is 7.19. The summed E-state index contributed by atoms with van der Waals surface area (Å²) in [5.74, 6) is -0.629. The summed E-state index contributed by atoms with van der Waals surface area (Å²) in [4.78, 5) is 17.5. The van der Waals surface area contributed by atoms with Gasteiger partial charge in [0.25, 0.3) is 0 Å². The lowest BCUT2D eigenvalue weighted by Crippen LogP contribution is -2.21. The van der Waals surface area contributed by atoms with Gasteiger partial charge in [0, 0.05) is 31.3 Å². The molecule has 1 amide bonds. The molecular weight excluding hydrogens is 403 g/mol. The molecule has 0 aliphatic rings. The highest BCUT2D eigenvalue weighted by Crippen LogP contribution is 2.33. The number of amides is 1. The van der Waals surface area contributed by atoms with E-state index in [0.29, 0.717) is 29.1 Å². The van der Waals surface area contributed by atoms with Gasteiger partial charge < -0.3 is 4.90 Å². The molecule has 6 nitrogen and oxygen atoms in total. The second-order valence-electron chi connectivity index (χ2n) is 5.97. The number of nitrogens with zero attached hydrogens (tertiary/aromatic N) is 5. The van der Waals surface area contributed by atoms with E-state index < -0.39 is 12.0 Å². The van der Waals surface area contributed by atoms with Crippen LogP contribution in [0.2, 0.25) is 5.02 Å². The van der Waals surface area contributed by atoms with E-state index in [2.05, 4.69) is 15.2 Å². The minimum Gasteiger partial charge on any atom is -0.349 e. The van der Waals surface area contributed by atoms with Crippen LogP contribution in [0.5, 0.6) is 0 Å². The molecule has 144 valence electrons. The average molecular weight is 418 g/mol. The lowest BCUT2D eigenvalue weighted by molar-refractivity contribution is -0.145. The number of halogens is 4. The normalized spacial score (nSPS) is 12.1. The van der Waals surface area contributed by atoms with E-state index >= 15 is 0 Å². The third-order valence-corrected chi connectivity index (χ3v) is 5.06. The van der Waals surface area contributed by atoms with Gasteiger partial charge in [-0.15, -0.1) is 22.0 Å². The molecule has 0 aliphatic heterocycles. The lowest BCUT2D eigenvalue weighted by atomic mass is 10.3. The van der Waals surface area contributed by atoms with Crippen LogP contribution in [0.4, 0.5) is 13.2 Å². The van der Waals surface area contributed by atoms with Crippen molar-refractivity contribution in [2.45, 2.75) is 24.0 Å². The first-order valence-corrected chi connectivity index (χ1v) is 9.29. The van der Waals surface area contributed by atoms with Crippen molar-refractivity contribution in [3.8, 4) is 0 Å². The van der Waals surface area contributed by atoms with Gasteiger partial charge in [0.15, 0.2) is 5.65 Å². The van der Waals surface area contributed by atoms with Crippen LogP contribution in [0.1, 0.15) is 18.7 Å². The van der Waals surface area contributed by atoms with Gasteiger partial charge in [0.1, 0.15) is 5.03 Å². The topological polar surface area (TPSA) is 63.4 Å². The first-order chi connectivity index (χ1) is 12.7. The van der Waals surface area contributed by atoms with E-state index in [9.17, 15) is 18.0 Å². The third kappa shape index (κ3) is 4.11. The number of fused-ring (bicyclic) bond motifs is 3. The summed E-state index contributed by atoms with van der Waals surface area (Å²) in [6.45, 7) is 0. The quantitative estimate of drug-likeness (QED) is 0.465. The fourth-order valence-electron chi connectivity index (χ4n) is 2.48. The summed E-state index contributed by atoms with van der Waals surface area (Å²) < 4.78 is 41.0. The largest absolute Gasteiger partial charge is 0.452 e. The molecule has 0 radical (unpaired) electrons. The number of hydrogen-bond acceptors (Lipinski definition) is 5. The highest BCUT2D eigenvalue weighted by atomic mass is 35.5. The molecule has 1 aromatic carbocycles. The van der Waals surface area contributed by atoms with E-state index in [-0.39, 0.29) is 22.1 Å². The highest BCUT2D eigenvalue weighted by Gasteiger charge is 2.38. The van der Waals surface area contributed by atoms with Crippen LogP contribution in [0.3, 0.4) is 0 Å². The molecule has 3 rings (SSSR count). The molecule has 0 aliphatic carbocycles. The molecule has 2 heterocycles. The Kier molecular flexibility index (Phi) is 5.48. The number of carbonyl (C=O) groups excluding carboxylic acids is 1. The van der Waals surface area contributed by atoms with Crippen LogP contribution >= 0.6 is 23.4 Å². The standard InChI is InChI=1S/C16H15ClF3N5OS/c1-24(2)12(26)4-3-7-27-14-13-22-23-15(16(18,19)20)25(13)11-8-9(17)5-6-10(11)21-14/h5-6,8H,3-4,7H2,1-2H3. The summed E-state index contributed by atoms with van der Waals surface area (Å²) in [5.41, 5.74) is 0.548. The predicted molar refractivity (Wildman–Crippen MR) is 97.0 cm³/mol. The van der Waals surface area contributed by atoms with E-state index in [4.69, 9.17) is 11.6 Å². The van der Waals surface area contributed by atoms with Crippen molar-refractivity contribution in [1.82, 2.24) is 24.5 Å². The molecule has 3 aromatic rings. The average Bonchev–Trinajstić information content (AvgIpc) is 3.04. The Morgan fingerprint density at radius 3 is 2.70 bits per heavy atom. The Morgan fingerprint density at radius 2 is 2.04 bits per heavy atom. The molecule has 0 fully saturated rings. The van der Waals surface area contributed by atoms with Gasteiger partial charge >= 0.3 is 6.18 Å². The first kappa shape index (κ1) is 19.7. The van der Waals surface area contributed by atoms with E-state index in [1.807, 2.05) is 0 Å². The van der Waals surface area contributed by atoms with Crippen LogP contribution in [0, 0.1) is 0 Å². The zero-order valence-corrected chi connectivity index (χ0v) is 16.0. The van der Waals surface area contributed by atoms with Crippen molar-refractivity contribution in [3.05, 3.63) is 29.0 Å². The van der Waals surface area contributed by atoms with Gasteiger partial charge in [0.2, 0.25) is 11.7 Å². The minimum atomic E-state index is -4.67.